The Labute approximate surface area is 124 Å². The molecule has 0 aromatic carbocycles. The number of piperazine rings is 1. The second-order valence-electron chi connectivity index (χ2n) is 5.04. The molecule has 1 aromatic rings. The van der Waals surface area contributed by atoms with Crippen LogP contribution in [0.4, 0.5) is 11.6 Å². The Morgan fingerprint density at radius 2 is 1.86 bits per heavy atom. The van der Waals surface area contributed by atoms with E-state index in [-0.39, 0.29) is 24.9 Å². The molecule has 2 amide bonds. The van der Waals surface area contributed by atoms with E-state index >= 15 is 0 Å². The molecular formula is C14H21N5O2. The number of aryl methyl sites for hydroxylation is 1. The van der Waals surface area contributed by atoms with Crippen LogP contribution in [0.3, 0.4) is 0 Å². The number of amides is 2. The van der Waals surface area contributed by atoms with Gasteiger partial charge in [0.15, 0.2) is 0 Å². The zero-order chi connectivity index (χ0) is 15.4. The lowest BCUT2D eigenvalue weighted by molar-refractivity contribution is -0.130. The highest BCUT2D eigenvalue weighted by molar-refractivity contribution is 6.02. The van der Waals surface area contributed by atoms with E-state index in [1.165, 1.54) is 0 Å². The van der Waals surface area contributed by atoms with Crippen molar-refractivity contribution in [3.63, 3.8) is 0 Å². The summed E-state index contributed by atoms with van der Waals surface area (Å²) >= 11 is 0. The molecule has 7 heteroatoms. The summed E-state index contributed by atoms with van der Waals surface area (Å²) in [5, 5.41) is 5.57. The standard InChI is InChI=1S/C14H21N5O2/c1-4-6-15-13-9(3)14(17-10(5-2)16-13)19-7-11(20)18-12(21)8-19/h4-8H2,1-3H3,(H,15,16,17)(H,18,20,21). The average molecular weight is 291 g/mol. The number of imide groups is 1. The van der Waals surface area contributed by atoms with Gasteiger partial charge in [0.1, 0.15) is 17.5 Å². The number of aromatic nitrogens is 2. The Balaban J connectivity index is 2.36. The number of nitrogens with one attached hydrogen (secondary N) is 2. The average Bonchev–Trinajstić information content (AvgIpc) is 2.45. The van der Waals surface area contributed by atoms with E-state index < -0.39 is 0 Å². The van der Waals surface area contributed by atoms with Crippen molar-refractivity contribution in [3.05, 3.63) is 11.4 Å². The van der Waals surface area contributed by atoms with Gasteiger partial charge >= 0.3 is 0 Å². The largest absolute Gasteiger partial charge is 0.370 e. The fourth-order valence-corrected chi connectivity index (χ4v) is 2.22. The van der Waals surface area contributed by atoms with E-state index in [4.69, 9.17) is 0 Å². The van der Waals surface area contributed by atoms with Crippen LogP contribution >= 0.6 is 0 Å². The molecule has 0 radical (unpaired) electrons. The number of hydrogen-bond acceptors (Lipinski definition) is 6. The lowest BCUT2D eigenvalue weighted by Crippen LogP contribution is -2.52. The lowest BCUT2D eigenvalue weighted by atomic mass is 10.2. The molecule has 0 saturated carbocycles. The molecule has 0 spiro atoms. The van der Waals surface area contributed by atoms with Crippen molar-refractivity contribution in [1.82, 2.24) is 15.3 Å². The Morgan fingerprint density at radius 1 is 1.19 bits per heavy atom. The maximum absolute atomic E-state index is 11.5. The van der Waals surface area contributed by atoms with Crippen LogP contribution in [0.15, 0.2) is 0 Å². The Bertz CT molecular complexity index is 543. The summed E-state index contributed by atoms with van der Waals surface area (Å²) in [4.78, 5) is 33.8. The zero-order valence-corrected chi connectivity index (χ0v) is 12.7. The van der Waals surface area contributed by atoms with Crippen LogP contribution in [0.25, 0.3) is 0 Å². The van der Waals surface area contributed by atoms with Crippen molar-refractivity contribution in [2.45, 2.75) is 33.6 Å². The minimum absolute atomic E-state index is 0.139. The molecular weight excluding hydrogens is 270 g/mol. The van der Waals surface area contributed by atoms with Gasteiger partial charge in [-0.05, 0) is 13.3 Å². The first kappa shape index (κ1) is 15.2. The van der Waals surface area contributed by atoms with Gasteiger partial charge in [0.05, 0.1) is 13.1 Å². The third-order valence-corrected chi connectivity index (χ3v) is 3.27. The molecule has 2 N–H and O–H groups in total. The molecule has 1 aromatic heterocycles. The summed E-state index contributed by atoms with van der Waals surface area (Å²) < 4.78 is 0. The summed E-state index contributed by atoms with van der Waals surface area (Å²) in [6.07, 6.45) is 1.69. The molecule has 1 saturated heterocycles. The van der Waals surface area contributed by atoms with Gasteiger partial charge in [-0.15, -0.1) is 0 Å². The van der Waals surface area contributed by atoms with Crippen molar-refractivity contribution < 1.29 is 9.59 Å². The van der Waals surface area contributed by atoms with E-state index in [0.29, 0.717) is 18.1 Å². The summed E-state index contributed by atoms with van der Waals surface area (Å²) in [5.74, 6) is 1.53. The number of anilines is 2. The van der Waals surface area contributed by atoms with Crippen LogP contribution in [-0.2, 0) is 16.0 Å². The van der Waals surface area contributed by atoms with Crippen LogP contribution < -0.4 is 15.5 Å². The van der Waals surface area contributed by atoms with Crippen LogP contribution in [0.5, 0.6) is 0 Å². The highest BCUT2D eigenvalue weighted by Crippen LogP contribution is 2.24. The van der Waals surface area contributed by atoms with Crippen molar-refractivity contribution in [3.8, 4) is 0 Å². The van der Waals surface area contributed by atoms with Gasteiger partial charge in [-0.2, -0.15) is 0 Å². The van der Waals surface area contributed by atoms with Crippen molar-refractivity contribution in [2.24, 2.45) is 0 Å². The smallest absolute Gasteiger partial charge is 0.246 e. The normalized spacial score (nSPS) is 15.1. The molecule has 1 fully saturated rings. The molecule has 0 bridgehead atoms. The second kappa shape index (κ2) is 6.51. The van der Waals surface area contributed by atoms with E-state index in [9.17, 15) is 9.59 Å². The fourth-order valence-electron chi connectivity index (χ4n) is 2.22. The predicted molar refractivity (Wildman–Crippen MR) is 80.3 cm³/mol. The van der Waals surface area contributed by atoms with Gasteiger partial charge in [0.2, 0.25) is 11.8 Å². The Kier molecular flexibility index (Phi) is 4.72. The molecule has 2 heterocycles. The highest BCUT2D eigenvalue weighted by Gasteiger charge is 2.26. The highest BCUT2D eigenvalue weighted by atomic mass is 16.2. The monoisotopic (exact) mass is 291 g/mol. The quantitative estimate of drug-likeness (QED) is 0.774. The minimum atomic E-state index is -0.301. The first-order valence-corrected chi connectivity index (χ1v) is 7.24. The summed E-state index contributed by atoms with van der Waals surface area (Å²) in [6, 6.07) is 0. The van der Waals surface area contributed by atoms with Crippen LogP contribution in [0.1, 0.15) is 31.7 Å². The topological polar surface area (TPSA) is 87.2 Å². The SMILES string of the molecule is CCCNc1nc(CC)nc(N2CC(=O)NC(=O)C2)c1C. The molecule has 1 aliphatic rings. The van der Waals surface area contributed by atoms with E-state index in [0.717, 1.165) is 24.3 Å². The molecule has 21 heavy (non-hydrogen) atoms. The molecule has 7 nitrogen and oxygen atoms in total. The second-order valence-corrected chi connectivity index (χ2v) is 5.04. The first-order valence-electron chi connectivity index (χ1n) is 7.24. The van der Waals surface area contributed by atoms with Gasteiger partial charge in [-0.25, -0.2) is 9.97 Å². The number of hydrogen-bond donors (Lipinski definition) is 2. The molecule has 114 valence electrons. The Hall–Kier alpha value is -2.18. The fraction of sp³-hybridized carbons (Fsp3) is 0.571. The van der Waals surface area contributed by atoms with Gasteiger partial charge in [-0.3, -0.25) is 14.9 Å². The summed E-state index contributed by atoms with van der Waals surface area (Å²) in [6.45, 7) is 7.06. The molecule has 1 aliphatic heterocycles. The molecule has 0 aliphatic carbocycles. The van der Waals surface area contributed by atoms with Crippen molar-refractivity contribution >= 4 is 23.5 Å². The van der Waals surface area contributed by atoms with E-state index in [1.807, 2.05) is 13.8 Å². The maximum Gasteiger partial charge on any atom is 0.246 e. The van der Waals surface area contributed by atoms with E-state index in [1.54, 1.807) is 4.90 Å². The van der Waals surface area contributed by atoms with Crippen LogP contribution in [-0.4, -0.2) is 41.4 Å². The molecule has 2 rings (SSSR count). The third kappa shape index (κ3) is 3.48. The predicted octanol–water partition coefficient (Wildman–Crippen LogP) is 0.632. The van der Waals surface area contributed by atoms with Crippen molar-refractivity contribution in [2.75, 3.05) is 29.9 Å². The first-order chi connectivity index (χ1) is 10.0. The van der Waals surface area contributed by atoms with Gasteiger partial charge in [0.25, 0.3) is 0 Å². The van der Waals surface area contributed by atoms with Gasteiger partial charge in [-0.1, -0.05) is 13.8 Å². The summed E-state index contributed by atoms with van der Waals surface area (Å²) in [7, 11) is 0. The number of nitrogens with zero attached hydrogens (tertiary/aromatic N) is 3. The third-order valence-electron chi connectivity index (χ3n) is 3.27. The number of rotatable bonds is 5. The lowest BCUT2D eigenvalue weighted by Gasteiger charge is -2.28. The molecule has 0 unspecified atom stereocenters. The summed E-state index contributed by atoms with van der Waals surface area (Å²) in [5.41, 5.74) is 0.864. The zero-order valence-electron chi connectivity index (χ0n) is 12.7. The van der Waals surface area contributed by atoms with Crippen molar-refractivity contribution in [1.29, 1.82) is 0 Å². The number of carbonyl (C=O) groups is 2. The number of carbonyl (C=O) groups excluding carboxylic acids is 2. The van der Waals surface area contributed by atoms with E-state index in [2.05, 4.69) is 27.5 Å². The van der Waals surface area contributed by atoms with Gasteiger partial charge < -0.3 is 10.2 Å². The van der Waals surface area contributed by atoms with Crippen LogP contribution in [0, 0.1) is 6.92 Å². The van der Waals surface area contributed by atoms with Crippen LogP contribution in [0.2, 0.25) is 0 Å². The molecule has 0 atom stereocenters. The Morgan fingerprint density at radius 3 is 2.43 bits per heavy atom. The maximum atomic E-state index is 11.5. The minimum Gasteiger partial charge on any atom is -0.370 e. The van der Waals surface area contributed by atoms with Gasteiger partial charge in [0, 0.05) is 18.5 Å².